The number of aromatic nitrogens is 2. The lowest BCUT2D eigenvalue weighted by Crippen LogP contribution is -1.92. The minimum Gasteiger partial charge on any atom is -0.272 e. The fourth-order valence-electron chi connectivity index (χ4n) is 1.27. The summed E-state index contributed by atoms with van der Waals surface area (Å²) in [6.07, 6.45) is 0. The van der Waals surface area contributed by atoms with Crippen molar-refractivity contribution in [3.63, 3.8) is 0 Å². The molecule has 0 saturated carbocycles. The zero-order chi connectivity index (χ0) is 10.1. The van der Waals surface area contributed by atoms with Crippen molar-refractivity contribution in [2.75, 3.05) is 0 Å². The average molecular weight is 189 g/mol. The molecule has 0 N–H and O–H groups in total. The zero-order valence-electron chi connectivity index (χ0n) is 8.08. The highest BCUT2D eigenvalue weighted by Gasteiger charge is 2.04. The van der Waals surface area contributed by atoms with Crippen LogP contribution in [-0.2, 0) is 7.05 Å². The largest absolute Gasteiger partial charge is 0.272 e. The Bertz CT molecular complexity index is 441. The van der Waals surface area contributed by atoms with E-state index >= 15 is 0 Å². The third kappa shape index (κ3) is 1.53. The first-order chi connectivity index (χ1) is 6.66. The van der Waals surface area contributed by atoms with Crippen LogP contribution in [0.5, 0.6) is 0 Å². The fourth-order valence-corrected chi connectivity index (χ4v) is 1.27. The van der Waals surface area contributed by atoms with E-state index in [0.717, 1.165) is 11.3 Å². The van der Waals surface area contributed by atoms with Crippen molar-refractivity contribution in [2.45, 2.75) is 6.92 Å². The number of halogens is 1. The SMILES string of the molecule is Cc1[c]c(-c2cccc(F)c2)nn1C. The summed E-state index contributed by atoms with van der Waals surface area (Å²) in [6, 6.07) is 9.44. The summed E-state index contributed by atoms with van der Waals surface area (Å²) >= 11 is 0. The lowest BCUT2D eigenvalue weighted by Gasteiger charge is -1.95. The van der Waals surface area contributed by atoms with Crippen molar-refractivity contribution in [3.8, 4) is 11.3 Å². The predicted octanol–water partition coefficient (Wildman–Crippen LogP) is 2.33. The highest BCUT2D eigenvalue weighted by Crippen LogP contribution is 2.18. The van der Waals surface area contributed by atoms with Gasteiger partial charge in [0.2, 0.25) is 0 Å². The molecule has 1 aromatic heterocycles. The maximum atomic E-state index is 12.9. The normalized spacial score (nSPS) is 10.5. The van der Waals surface area contributed by atoms with E-state index in [2.05, 4.69) is 11.2 Å². The summed E-state index contributed by atoms with van der Waals surface area (Å²) in [5.41, 5.74) is 2.38. The Morgan fingerprint density at radius 1 is 1.43 bits per heavy atom. The Morgan fingerprint density at radius 3 is 2.79 bits per heavy atom. The van der Waals surface area contributed by atoms with E-state index in [1.807, 2.05) is 20.0 Å². The molecule has 2 nitrogen and oxygen atoms in total. The molecular weight excluding hydrogens is 179 g/mol. The Morgan fingerprint density at radius 2 is 2.21 bits per heavy atom. The number of hydrogen-bond donors (Lipinski definition) is 0. The van der Waals surface area contributed by atoms with Gasteiger partial charge in [0.25, 0.3) is 0 Å². The van der Waals surface area contributed by atoms with E-state index in [-0.39, 0.29) is 5.82 Å². The second-order valence-electron chi connectivity index (χ2n) is 3.19. The van der Waals surface area contributed by atoms with Gasteiger partial charge in [-0.15, -0.1) is 0 Å². The van der Waals surface area contributed by atoms with Crippen LogP contribution in [0.3, 0.4) is 0 Å². The predicted molar refractivity (Wildman–Crippen MR) is 52.2 cm³/mol. The minimum atomic E-state index is -0.251. The number of aryl methyl sites for hydroxylation is 2. The summed E-state index contributed by atoms with van der Waals surface area (Å²) in [4.78, 5) is 0. The van der Waals surface area contributed by atoms with E-state index < -0.39 is 0 Å². The van der Waals surface area contributed by atoms with Gasteiger partial charge in [-0.1, -0.05) is 12.1 Å². The molecule has 1 heterocycles. The summed E-state index contributed by atoms with van der Waals surface area (Å²) in [6.45, 7) is 1.91. The number of nitrogens with zero attached hydrogens (tertiary/aromatic N) is 2. The maximum absolute atomic E-state index is 12.9. The third-order valence-electron chi connectivity index (χ3n) is 2.13. The van der Waals surface area contributed by atoms with E-state index in [4.69, 9.17) is 0 Å². The molecule has 2 aromatic rings. The molecule has 14 heavy (non-hydrogen) atoms. The number of hydrogen-bond acceptors (Lipinski definition) is 1. The average Bonchev–Trinajstić information content (AvgIpc) is 2.47. The highest BCUT2D eigenvalue weighted by molar-refractivity contribution is 5.58. The van der Waals surface area contributed by atoms with Gasteiger partial charge < -0.3 is 0 Å². The summed E-state index contributed by atoms with van der Waals surface area (Å²) in [5, 5.41) is 4.22. The maximum Gasteiger partial charge on any atom is 0.123 e. The van der Waals surface area contributed by atoms with Crippen LogP contribution in [0.15, 0.2) is 24.3 Å². The highest BCUT2D eigenvalue weighted by atomic mass is 19.1. The van der Waals surface area contributed by atoms with Crippen molar-refractivity contribution in [1.29, 1.82) is 0 Å². The smallest absolute Gasteiger partial charge is 0.123 e. The first-order valence-electron chi connectivity index (χ1n) is 4.35. The quantitative estimate of drug-likeness (QED) is 0.673. The van der Waals surface area contributed by atoms with Gasteiger partial charge in [0.15, 0.2) is 0 Å². The molecule has 1 radical (unpaired) electrons. The first kappa shape index (κ1) is 8.94. The molecule has 0 aliphatic rings. The molecule has 0 aliphatic carbocycles. The van der Waals surface area contributed by atoms with Crippen LogP contribution < -0.4 is 0 Å². The van der Waals surface area contributed by atoms with E-state index in [9.17, 15) is 4.39 Å². The van der Waals surface area contributed by atoms with Crippen LogP contribution in [-0.4, -0.2) is 9.78 Å². The lowest BCUT2D eigenvalue weighted by atomic mass is 10.1. The summed E-state index contributed by atoms with van der Waals surface area (Å²) in [7, 11) is 1.84. The molecule has 0 bridgehead atoms. The van der Waals surface area contributed by atoms with Crippen molar-refractivity contribution in [1.82, 2.24) is 9.78 Å². The lowest BCUT2D eigenvalue weighted by molar-refractivity contribution is 0.628. The molecular formula is C11H10FN2. The van der Waals surface area contributed by atoms with Crippen LogP contribution in [0, 0.1) is 18.8 Å². The number of benzene rings is 1. The Balaban J connectivity index is 2.49. The van der Waals surface area contributed by atoms with Gasteiger partial charge in [0, 0.05) is 24.4 Å². The molecule has 0 atom stereocenters. The standard InChI is InChI=1S/C11H10FN2/c1-8-6-11(13-14(8)2)9-4-3-5-10(12)7-9/h3-5,7H,1-2H3. The van der Waals surface area contributed by atoms with Gasteiger partial charge in [-0.25, -0.2) is 4.39 Å². The summed E-state index contributed by atoms with van der Waals surface area (Å²) < 4.78 is 14.6. The molecule has 2 rings (SSSR count). The topological polar surface area (TPSA) is 17.8 Å². The monoisotopic (exact) mass is 189 g/mol. The van der Waals surface area contributed by atoms with E-state index in [1.165, 1.54) is 12.1 Å². The van der Waals surface area contributed by atoms with Crippen LogP contribution in [0.25, 0.3) is 11.3 Å². The van der Waals surface area contributed by atoms with Crippen LogP contribution in [0.4, 0.5) is 4.39 Å². The van der Waals surface area contributed by atoms with E-state index in [1.54, 1.807) is 10.7 Å². The van der Waals surface area contributed by atoms with Crippen LogP contribution >= 0.6 is 0 Å². The number of rotatable bonds is 1. The van der Waals surface area contributed by atoms with Crippen molar-refractivity contribution in [3.05, 3.63) is 41.8 Å². The van der Waals surface area contributed by atoms with E-state index in [0.29, 0.717) is 5.69 Å². The molecule has 0 amide bonds. The Labute approximate surface area is 82.0 Å². The van der Waals surface area contributed by atoms with Gasteiger partial charge in [0.05, 0.1) is 0 Å². The molecule has 3 heteroatoms. The molecule has 71 valence electrons. The Hall–Kier alpha value is -1.64. The first-order valence-corrected chi connectivity index (χ1v) is 4.35. The molecule has 1 aromatic carbocycles. The molecule has 0 aliphatic heterocycles. The molecule has 0 fully saturated rings. The van der Waals surface area contributed by atoms with Gasteiger partial charge in [-0.05, 0) is 19.1 Å². The second kappa shape index (κ2) is 3.25. The third-order valence-corrected chi connectivity index (χ3v) is 2.13. The molecule has 0 unspecified atom stereocenters. The van der Waals surface area contributed by atoms with Gasteiger partial charge in [0.1, 0.15) is 11.5 Å². The Kier molecular flexibility index (Phi) is 2.08. The van der Waals surface area contributed by atoms with Gasteiger partial charge in [-0.2, -0.15) is 5.10 Å². The van der Waals surface area contributed by atoms with Gasteiger partial charge in [-0.3, -0.25) is 4.68 Å². The fraction of sp³-hybridized carbons (Fsp3) is 0.182. The van der Waals surface area contributed by atoms with Crippen molar-refractivity contribution < 1.29 is 4.39 Å². The summed E-state index contributed by atoms with van der Waals surface area (Å²) in [5.74, 6) is -0.251. The zero-order valence-corrected chi connectivity index (χ0v) is 8.08. The minimum absolute atomic E-state index is 0.251. The second-order valence-corrected chi connectivity index (χ2v) is 3.19. The van der Waals surface area contributed by atoms with Crippen molar-refractivity contribution >= 4 is 0 Å². The van der Waals surface area contributed by atoms with Crippen LogP contribution in [0.1, 0.15) is 5.69 Å². The molecule has 0 spiro atoms. The van der Waals surface area contributed by atoms with Crippen LogP contribution in [0.2, 0.25) is 0 Å². The van der Waals surface area contributed by atoms with Gasteiger partial charge >= 0.3 is 0 Å². The van der Waals surface area contributed by atoms with Crippen molar-refractivity contribution in [2.24, 2.45) is 7.05 Å². The molecule has 0 saturated heterocycles.